The van der Waals surface area contributed by atoms with Crippen molar-refractivity contribution in [2.75, 3.05) is 7.05 Å². The number of hydrogen-bond acceptors (Lipinski definition) is 3. The summed E-state index contributed by atoms with van der Waals surface area (Å²) in [6.07, 6.45) is 3.57. The van der Waals surface area contributed by atoms with Crippen molar-refractivity contribution in [3.05, 3.63) is 30.1 Å². The first-order chi connectivity index (χ1) is 6.61. The molecule has 3 nitrogen and oxygen atoms in total. The Morgan fingerprint density at radius 1 is 1.64 bits per heavy atom. The van der Waals surface area contributed by atoms with Gasteiger partial charge in [0.15, 0.2) is 0 Å². The van der Waals surface area contributed by atoms with Crippen LogP contribution in [0.2, 0.25) is 0 Å². The van der Waals surface area contributed by atoms with Gasteiger partial charge in [-0.05, 0) is 32.5 Å². The number of pyridine rings is 1. The van der Waals surface area contributed by atoms with Gasteiger partial charge in [0.05, 0.1) is 6.04 Å². The minimum atomic E-state index is -0.0322. The van der Waals surface area contributed by atoms with E-state index in [1.54, 1.807) is 13.1 Å². The molecule has 0 saturated heterocycles. The Bertz CT molecular complexity index is 297. The van der Waals surface area contributed by atoms with Crippen LogP contribution in [-0.2, 0) is 11.3 Å². The fourth-order valence-electron chi connectivity index (χ4n) is 1.23. The largest absolute Gasteiger partial charge is 0.298 e. The third-order valence-corrected chi connectivity index (χ3v) is 2.40. The van der Waals surface area contributed by atoms with Crippen LogP contribution in [0.5, 0.6) is 0 Å². The second-order valence-corrected chi connectivity index (χ2v) is 3.56. The molecular weight excluding hydrogens is 176 g/mol. The van der Waals surface area contributed by atoms with Gasteiger partial charge in [0.1, 0.15) is 5.78 Å². The molecule has 1 heterocycles. The topological polar surface area (TPSA) is 33.2 Å². The maximum absolute atomic E-state index is 11.1. The summed E-state index contributed by atoms with van der Waals surface area (Å²) in [6.45, 7) is 4.29. The van der Waals surface area contributed by atoms with Gasteiger partial charge in [-0.1, -0.05) is 6.07 Å². The average Bonchev–Trinajstić information content (AvgIpc) is 2.18. The highest BCUT2D eigenvalue weighted by atomic mass is 16.1. The molecule has 1 rings (SSSR count). The Morgan fingerprint density at radius 2 is 2.36 bits per heavy atom. The van der Waals surface area contributed by atoms with Crippen LogP contribution < -0.4 is 0 Å². The predicted octanol–water partition coefficient (Wildman–Crippen LogP) is 1.49. The molecule has 0 N–H and O–H groups in total. The summed E-state index contributed by atoms with van der Waals surface area (Å²) in [5, 5.41) is 0. The molecule has 1 unspecified atom stereocenters. The fraction of sp³-hybridized carbons (Fsp3) is 0.455. The first kappa shape index (κ1) is 10.9. The predicted molar refractivity (Wildman–Crippen MR) is 55.8 cm³/mol. The summed E-state index contributed by atoms with van der Waals surface area (Å²) < 4.78 is 0. The Kier molecular flexibility index (Phi) is 3.77. The van der Waals surface area contributed by atoms with Crippen LogP contribution in [0.25, 0.3) is 0 Å². The second kappa shape index (κ2) is 4.86. The van der Waals surface area contributed by atoms with Gasteiger partial charge >= 0.3 is 0 Å². The summed E-state index contributed by atoms with van der Waals surface area (Å²) in [6, 6.07) is 3.88. The molecule has 0 bridgehead atoms. The maximum atomic E-state index is 11.1. The highest BCUT2D eigenvalue weighted by Crippen LogP contribution is 2.04. The third kappa shape index (κ3) is 2.92. The molecule has 3 heteroatoms. The molecule has 0 fully saturated rings. The molecule has 1 aromatic heterocycles. The molecule has 0 aliphatic heterocycles. The quantitative estimate of drug-likeness (QED) is 0.724. The summed E-state index contributed by atoms with van der Waals surface area (Å²) in [7, 11) is 1.94. The second-order valence-electron chi connectivity index (χ2n) is 3.56. The van der Waals surface area contributed by atoms with E-state index >= 15 is 0 Å². The van der Waals surface area contributed by atoms with E-state index in [0.29, 0.717) is 0 Å². The number of likely N-dealkylation sites (N-methyl/N-ethyl adjacent to an activating group) is 1. The summed E-state index contributed by atoms with van der Waals surface area (Å²) in [4.78, 5) is 17.2. The summed E-state index contributed by atoms with van der Waals surface area (Å²) in [5.41, 5.74) is 1.13. The van der Waals surface area contributed by atoms with Crippen molar-refractivity contribution in [1.29, 1.82) is 0 Å². The van der Waals surface area contributed by atoms with Crippen molar-refractivity contribution in [2.24, 2.45) is 0 Å². The molecule has 1 aromatic rings. The van der Waals surface area contributed by atoms with Gasteiger partial charge in [0.25, 0.3) is 0 Å². The van der Waals surface area contributed by atoms with Gasteiger partial charge in [-0.2, -0.15) is 0 Å². The molecule has 14 heavy (non-hydrogen) atoms. The van der Waals surface area contributed by atoms with Gasteiger partial charge in [0, 0.05) is 18.9 Å². The van der Waals surface area contributed by atoms with Crippen molar-refractivity contribution in [3.8, 4) is 0 Å². The van der Waals surface area contributed by atoms with Crippen LogP contribution >= 0.6 is 0 Å². The zero-order chi connectivity index (χ0) is 10.6. The van der Waals surface area contributed by atoms with Crippen molar-refractivity contribution >= 4 is 5.78 Å². The number of hydrogen-bond donors (Lipinski definition) is 0. The van der Waals surface area contributed by atoms with Gasteiger partial charge in [-0.3, -0.25) is 14.7 Å². The number of ketones is 1. The summed E-state index contributed by atoms with van der Waals surface area (Å²) >= 11 is 0. The molecule has 0 radical (unpaired) electrons. The Morgan fingerprint density at radius 3 is 2.86 bits per heavy atom. The van der Waals surface area contributed by atoms with Gasteiger partial charge in [0.2, 0.25) is 0 Å². The number of carbonyl (C=O) groups excluding carboxylic acids is 1. The minimum Gasteiger partial charge on any atom is -0.298 e. The molecule has 0 amide bonds. The number of rotatable bonds is 4. The molecule has 0 aromatic carbocycles. The Labute approximate surface area is 84.8 Å². The maximum Gasteiger partial charge on any atom is 0.146 e. The van der Waals surface area contributed by atoms with Crippen LogP contribution in [0, 0.1) is 0 Å². The summed E-state index contributed by atoms with van der Waals surface area (Å²) in [5.74, 6) is 0.191. The Balaban J connectivity index is 2.57. The fourth-order valence-corrected chi connectivity index (χ4v) is 1.23. The van der Waals surface area contributed by atoms with E-state index < -0.39 is 0 Å². The Hall–Kier alpha value is -1.22. The van der Waals surface area contributed by atoms with E-state index in [-0.39, 0.29) is 11.8 Å². The van der Waals surface area contributed by atoms with Gasteiger partial charge < -0.3 is 0 Å². The van der Waals surface area contributed by atoms with Crippen molar-refractivity contribution in [1.82, 2.24) is 9.88 Å². The van der Waals surface area contributed by atoms with E-state index in [0.717, 1.165) is 12.1 Å². The lowest BCUT2D eigenvalue weighted by Crippen LogP contribution is -2.34. The molecule has 0 saturated carbocycles. The van der Waals surface area contributed by atoms with E-state index in [1.165, 1.54) is 0 Å². The standard InChI is InChI=1S/C11H16N2O/c1-9(10(2)14)13(3)8-11-5-4-6-12-7-11/h4-7,9H,8H2,1-3H3. The van der Waals surface area contributed by atoms with Gasteiger partial charge in [-0.25, -0.2) is 0 Å². The van der Waals surface area contributed by atoms with Crippen LogP contribution in [0.4, 0.5) is 0 Å². The minimum absolute atomic E-state index is 0.0322. The third-order valence-electron chi connectivity index (χ3n) is 2.40. The number of aromatic nitrogens is 1. The number of Topliss-reactive ketones (excluding diaryl/α,β-unsaturated/α-hetero) is 1. The molecule has 0 aliphatic carbocycles. The van der Waals surface area contributed by atoms with E-state index in [9.17, 15) is 4.79 Å². The molecule has 0 spiro atoms. The normalized spacial score (nSPS) is 12.9. The van der Waals surface area contributed by atoms with E-state index in [4.69, 9.17) is 0 Å². The van der Waals surface area contributed by atoms with Crippen LogP contribution in [0.15, 0.2) is 24.5 Å². The zero-order valence-electron chi connectivity index (χ0n) is 8.90. The van der Waals surface area contributed by atoms with Crippen molar-refractivity contribution in [2.45, 2.75) is 26.4 Å². The monoisotopic (exact) mass is 192 g/mol. The number of carbonyl (C=O) groups is 1. The molecule has 76 valence electrons. The van der Waals surface area contributed by atoms with E-state index in [2.05, 4.69) is 4.98 Å². The smallest absolute Gasteiger partial charge is 0.146 e. The number of nitrogens with zero attached hydrogens (tertiary/aromatic N) is 2. The van der Waals surface area contributed by atoms with Crippen LogP contribution in [0.3, 0.4) is 0 Å². The SMILES string of the molecule is CC(=O)C(C)N(C)Cc1cccnc1. The lowest BCUT2D eigenvalue weighted by atomic mass is 10.2. The lowest BCUT2D eigenvalue weighted by molar-refractivity contribution is -0.121. The zero-order valence-corrected chi connectivity index (χ0v) is 8.90. The molecule has 0 aliphatic rings. The average molecular weight is 192 g/mol. The van der Waals surface area contributed by atoms with Crippen molar-refractivity contribution < 1.29 is 4.79 Å². The first-order valence-electron chi connectivity index (χ1n) is 4.71. The first-order valence-corrected chi connectivity index (χ1v) is 4.71. The highest BCUT2D eigenvalue weighted by molar-refractivity contribution is 5.80. The highest BCUT2D eigenvalue weighted by Gasteiger charge is 2.13. The lowest BCUT2D eigenvalue weighted by Gasteiger charge is -2.21. The molecule has 1 atom stereocenters. The van der Waals surface area contributed by atoms with Crippen LogP contribution in [-0.4, -0.2) is 28.8 Å². The van der Waals surface area contributed by atoms with E-state index in [1.807, 2.05) is 37.2 Å². The molecular formula is C11H16N2O. The van der Waals surface area contributed by atoms with Crippen molar-refractivity contribution in [3.63, 3.8) is 0 Å². The van der Waals surface area contributed by atoms with Gasteiger partial charge in [-0.15, -0.1) is 0 Å². The van der Waals surface area contributed by atoms with Crippen LogP contribution in [0.1, 0.15) is 19.4 Å².